The van der Waals surface area contributed by atoms with Crippen LogP contribution in [0.1, 0.15) is 94.2 Å². The highest BCUT2D eigenvalue weighted by molar-refractivity contribution is 8.03. The molecule has 1 heterocycles. The topological polar surface area (TPSA) is 20.2 Å². The van der Waals surface area contributed by atoms with Crippen LogP contribution < -0.4 is 0 Å². The van der Waals surface area contributed by atoms with E-state index >= 15 is 0 Å². The predicted molar refractivity (Wildman–Crippen MR) is 148 cm³/mol. The third-order valence-corrected chi connectivity index (χ3v) is 8.60. The van der Waals surface area contributed by atoms with E-state index in [-0.39, 0.29) is 0 Å². The van der Waals surface area contributed by atoms with E-state index in [1.165, 1.54) is 57.7 Å². The van der Waals surface area contributed by atoms with Gasteiger partial charge < -0.3 is 5.11 Å². The summed E-state index contributed by atoms with van der Waals surface area (Å²) in [5, 5.41) is 9.75. The van der Waals surface area contributed by atoms with Crippen molar-refractivity contribution >= 4 is 11.8 Å². The number of rotatable bonds is 9. The first-order valence-corrected chi connectivity index (χ1v) is 14.1. The molecule has 0 aromatic heterocycles. The lowest BCUT2D eigenvalue weighted by Gasteiger charge is -2.25. The molecule has 0 amide bonds. The van der Waals surface area contributed by atoms with Gasteiger partial charge in [-0.25, -0.2) is 0 Å². The minimum absolute atomic E-state index is 0.370. The Morgan fingerprint density at radius 1 is 1.09 bits per heavy atom. The van der Waals surface area contributed by atoms with Gasteiger partial charge in [0.15, 0.2) is 0 Å². The van der Waals surface area contributed by atoms with Crippen molar-refractivity contribution in [3.8, 4) is 5.75 Å². The molecule has 180 valence electrons. The van der Waals surface area contributed by atoms with Crippen LogP contribution in [-0.2, 0) is 6.42 Å². The van der Waals surface area contributed by atoms with E-state index in [1.54, 1.807) is 6.07 Å². The van der Waals surface area contributed by atoms with Gasteiger partial charge in [0.2, 0.25) is 0 Å². The molecular weight excluding hydrogens is 432 g/mol. The van der Waals surface area contributed by atoms with Crippen LogP contribution in [-0.4, -0.2) is 5.11 Å². The number of fused-ring (bicyclic) bond motifs is 2. The van der Waals surface area contributed by atoms with Crippen LogP contribution >= 0.6 is 11.8 Å². The van der Waals surface area contributed by atoms with Crippen molar-refractivity contribution in [3.63, 3.8) is 0 Å². The zero-order valence-electron chi connectivity index (χ0n) is 21.1. The first-order valence-electron chi connectivity index (χ1n) is 13.3. The van der Waals surface area contributed by atoms with Crippen molar-refractivity contribution in [1.82, 2.24) is 0 Å². The molecule has 2 heteroatoms. The molecule has 2 aromatic rings. The molecule has 0 fully saturated rings. The van der Waals surface area contributed by atoms with E-state index in [0.29, 0.717) is 23.5 Å². The molecular formula is C32H40OS. The molecule has 1 N–H and O–H groups in total. The molecule has 34 heavy (non-hydrogen) atoms. The SMILES string of the molecule is CCCCC1C=CC2=CCC(C)c3ccc(C(CC)CCCc4cccc(O)c4)cc3SC2=C1. The van der Waals surface area contributed by atoms with E-state index in [9.17, 15) is 5.11 Å². The fourth-order valence-corrected chi connectivity index (χ4v) is 6.59. The molecule has 0 radical (unpaired) electrons. The highest BCUT2D eigenvalue weighted by atomic mass is 32.2. The Bertz CT molecular complexity index is 1060. The van der Waals surface area contributed by atoms with Gasteiger partial charge in [0, 0.05) is 9.80 Å². The molecule has 0 bridgehead atoms. The molecule has 0 saturated heterocycles. The third-order valence-electron chi connectivity index (χ3n) is 7.44. The van der Waals surface area contributed by atoms with Gasteiger partial charge in [-0.3, -0.25) is 0 Å². The van der Waals surface area contributed by atoms with Gasteiger partial charge in [-0.1, -0.05) is 93.9 Å². The maximum absolute atomic E-state index is 9.75. The molecule has 3 atom stereocenters. The molecule has 1 aliphatic heterocycles. The van der Waals surface area contributed by atoms with E-state index in [2.05, 4.69) is 69.3 Å². The Hall–Kier alpha value is -2.19. The first-order chi connectivity index (χ1) is 16.6. The second kappa shape index (κ2) is 12.0. The van der Waals surface area contributed by atoms with Gasteiger partial charge >= 0.3 is 0 Å². The Morgan fingerprint density at radius 2 is 1.97 bits per heavy atom. The van der Waals surface area contributed by atoms with Crippen LogP contribution in [0.3, 0.4) is 0 Å². The highest BCUT2D eigenvalue weighted by Gasteiger charge is 2.21. The molecule has 1 nitrogen and oxygen atoms in total. The van der Waals surface area contributed by atoms with E-state index in [1.807, 2.05) is 23.9 Å². The van der Waals surface area contributed by atoms with Crippen molar-refractivity contribution in [2.75, 3.05) is 0 Å². The largest absolute Gasteiger partial charge is 0.508 e. The second-order valence-electron chi connectivity index (χ2n) is 10.1. The van der Waals surface area contributed by atoms with Crippen LogP contribution in [0.4, 0.5) is 0 Å². The monoisotopic (exact) mass is 472 g/mol. The molecule has 0 saturated carbocycles. The molecule has 2 aliphatic rings. The van der Waals surface area contributed by atoms with Crippen LogP contribution in [0.15, 0.2) is 82.1 Å². The number of benzene rings is 2. The van der Waals surface area contributed by atoms with Gasteiger partial charge in [0.1, 0.15) is 5.75 Å². The molecule has 3 unspecified atom stereocenters. The van der Waals surface area contributed by atoms with Crippen molar-refractivity contribution < 1.29 is 5.11 Å². The van der Waals surface area contributed by atoms with Gasteiger partial charge in [0.05, 0.1) is 0 Å². The minimum Gasteiger partial charge on any atom is -0.508 e. The summed E-state index contributed by atoms with van der Waals surface area (Å²) in [7, 11) is 0. The zero-order chi connectivity index (χ0) is 23.9. The summed E-state index contributed by atoms with van der Waals surface area (Å²) in [5.74, 6) is 2.07. The fraction of sp³-hybridized carbons (Fsp3) is 0.438. The lowest BCUT2D eigenvalue weighted by Crippen LogP contribution is -2.06. The summed E-state index contributed by atoms with van der Waals surface area (Å²) in [6.07, 6.45) is 19.2. The summed E-state index contributed by atoms with van der Waals surface area (Å²) in [6, 6.07) is 15.0. The standard InChI is InChI=1S/C32H40OS/c1-4-6-9-25-15-17-27-16-14-23(3)30-19-18-28(22-32(30)34-31(27)21-25)26(5-2)12-7-10-24-11-8-13-29(33)20-24/h8,11,13,15-23,25-26,33H,4-7,9-10,12,14H2,1-3H3. The average Bonchev–Trinajstić information content (AvgIpc) is 2.84. The highest BCUT2D eigenvalue weighted by Crippen LogP contribution is 2.44. The van der Waals surface area contributed by atoms with Crippen LogP contribution in [0, 0.1) is 5.92 Å². The number of hydrogen-bond acceptors (Lipinski definition) is 2. The Morgan fingerprint density at radius 3 is 2.76 bits per heavy atom. The number of allylic oxidation sites excluding steroid dienone is 5. The van der Waals surface area contributed by atoms with Gasteiger partial charge in [0.25, 0.3) is 0 Å². The van der Waals surface area contributed by atoms with E-state index in [0.717, 1.165) is 25.7 Å². The lowest BCUT2D eigenvalue weighted by molar-refractivity contribution is 0.474. The van der Waals surface area contributed by atoms with E-state index in [4.69, 9.17) is 0 Å². The zero-order valence-corrected chi connectivity index (χ0v) is 21.9. The Labute approximate surface area is 211 Å². The number of thioether (sulfide) groups is 1. The number of hydrogen-bond donors (Lipinski definition) is 1. The quantitative estimate of drug-likeness (QED) is 0.392. The first kappa shape index (κ1) is 24.9. The summed E-state index contributed by atoms with van der Waals surface area (Å²) < 4.78 is 0. The minimum atomic E-state index is 0.370. The van der Waals surface area contributed by atoms with Crippen molar-refractivity contribution in [1.29, 1.82) is 0 Å². The summed E-state index contributed by atoms with van der Waals surface area (Å²) in [4.78, 5) is 2.91. The van der Waals surface area contributed by atoms with Gasteiger partial charge in [-0.05, 0) is 96.7 Å². The second-order valence-corrected chi connectivity index (χ2v) is 11.1. The number of aromatic hydroxyl groups is 1. The number of phenolic OH excluding ortho intramolecular Hbond substituents is 1. The summed E-state index contributed by atoms with van der Waals surface area (Å²) in [6.45, 7) is 6.97. The number of aryl methyl sites for hydroxylation is 1. The number of phenols is 1. The Kier molecular flexibility index (Phi) is 8.78. The lowest BCUT2D eigenvalue weighted by atomic mass is 9.87. The smallest absolute Gasteiger partial charge is 0.115 e. The van der Waals surface area contributed by atoms with Crippen molar-refractivity contribution in [2.45, 2.75) is 88.9 Å². The van der Waals surface area contributed by atoms with Gasteiger partial charge in [-0.2, -0.15) is 0 Å². The molecule has 1 aliphatic carbocycles. The van der Waals surface area contributed by atoms with Crippen LogP contribution in [0.5, 0.6) is 5.75 Å². The number of unbranched alkanes of at least 4 members (excludes halogenated alkanes) is 1. The molecule has 2 aromatic carbocycles. The molecule has 0 spiro atoms. The third kappa shape index (κ3) is 6.27. The average molecular weight is 473 g/mol. The molecule has 4 rings (SSSR count). The summed E-state index contributed by atoms with van der Waals surface area (Å²) in [5.41, 5.74) is 5.63. The van der Waals surface area contributed by atoms with E-state index < -0.39 is 0 Å². The Balaban J connectivity index is 1.51. The summed E-state index contributed by atoms with van der Waals surface area (Å²) >= 11 is 1.99. The fourth-order valence-electron chi connectivity index (χ4n) is 5.26. The van der Waals surface area contributed by atoms with Crippen LogP contribution in [0.2, 0.25) is 0 Å². The predicted octanol–water partition coefficient (Wildman–Crippen LogP) is 9.69. The van der Waals surface area contributed by atoms with Crippen molar-refractivity contribution in [3.05, 3.63) is 93.9 Å². The maximum Gasteiger partial charge on any atom is 0.115 e. The van der Waals surface area contributed by atoms with Crippen molar-refractivity contribution in [2.24, 2.45) is 5.92 Å². The van der Waals surface area contributed by atoms with Crippen LogP contribution in [0.25, 0.3) is 0 Å². The normalized spacial score (nSPS) is 20.4. The van der Waals surface area contributed by atoms with Gasteiger partial charge in [-0.15, -0.1) is 0 Å². The maximum atomic E-state index is 9.75.